The molecule has 14 aromatic heterocycles. The van der Waals surface area contributed by atoms with Gasteiger partial charge in [-0.05, 0) is 284 Å². The Morgan fingerprint density at radius 3 is 1.35 bits per heavy atom. The second-order valence-corrected chi connectivity index (χ2v) is 38.3. The van der Waals surface area contributed by atoms with Crippen LogP contribution in [0.3, 0.4) is 0 Å². The molecule has 6 aliphatic rings. The van der Waals surface area contributed by atoms with Gasteiger partial charge < -0.3 is 80.5 Å². The van der Waals surface area contributed by atoms with Crippen molar-refractivity contribution in [3.05, 3.63) is 222 Å². The Kier molecular flexibility index (Phi) is 34.9. The normalized spacial score (nSPS) is 15.8. The third-order valence-corrected chi connectivity index (χ3v) is 26.1. The predicted molar refractivity (Wildman–Crippen MR) is 549 cm³/mol. The smallest absolute Gasteiger partial charge is 0.480 e. The fourth-order valence-corrected chi connectivity index (χ4v) is 17.1. The van der Waals surface area contributed by atoms with E-state index >= 15 is 0 Å². The van der Waals surface area contributed by atoms with Gasteiger partial charge in [-0.15, -0.1) is 0 Å². The Morgan fingerprint density at radius 1 is 0.471 bits per heavy atom. The van der Waals surface area contributed by atoms with Crippen molar-refractivity contribution in [3.63, 3.8) is 0 Å². The lowest BCUT2D eigenvalue weighted by molar-refractivity contribution is -0.139. The number of nitrogens with one attached hydrogen (secondary N) is 12. The van der Waals surface area contributed by atoms with Gasteiger partial charge in [0, 0.05) is 167 Å². The number of rotatable bonds is 16. The van der Waals surface area contributed by atoms with Crippen molar-refractivity contribution in [1.82, 2.24) is 116 Å². The van der Waals surface area contributed by atoms with E-state index in [1.807, 2.05) is 107 Å². The molecule has 136 heavy (non-hydrogen) atoms. The summed E-state index contributed by atoms with van der Waals surface area (Å²) < 4.78 is 25.6. The van der Waals surface area contributed by atoms with Crippen molar-refractivity contribution in [3.8, 4) is 0 Å². The number of pyridine rings is 5. The number of carbonyl (C=O) groups excluding carboxylic acids is 4. The van der Waals surface area contributed by atoms with Crippen LogP contribution in [0, 0.1) is 73.4 Å². The van der Waals surface area contributed by atoms with Gasteiger partial charge in [0.25, 0.3) is 5.91 Å². The molecule has 20 heterocycles. The highest BCUT2D eigenvalue weighted by Crippen LogP contribution is 2.40. The number of aliphatic carboxylic acids is 1. The van der Waals surface area contributed by atoms with Gasteiger partial charge >= 0.3 is 19.1 Å². The molecule has 0 atom stereocenters. The standard InChI is InChI=1S/C24H29N7O3.C19H21N5O.C14H13IN4O.C11H20BNO2.C8H7IN2.C7H6IN3.C6H8N2O2.C6H11NO3/c1-15-16(2)28-29-22(15)24(33)26-19-11-18-12-20(27-23(18)25-13-19)17-3-5-31(6-4-17)21(32)14-30-7-9-34-10-8-30;1-11-12(2)23-24-18(11)17(25)8-13-7-15-9-16(22-19(15)21-10-13)14-3-5-20-6-4-14;1-7-8(2)18-19-13(7)11(20)4-9-3-10-5-12(15)17-14(10)16-6-9;1-10(2)11(3,4)15-12(14-10)9-5-7-13-8-6-9;1-5-2-6-3-7(9)11-8(6)10-4-5;8-6-2-4-1-5(9)3-10-7(4)11-6;1-3-4(2)7-8-5(3)6(9)10;8-6(9)5-7-1-3-10-4-2-7/h3,11-13H,4-10,14H2,1-2H3,(H,25,27)(H,26,33)(H,28,29);3,7,9-10,20H,4-6,8H2,1-2H3,(H,21,22)(H,23,24);3,5-6H,4H2,1-2H3,(H,16,17)(H,18,19);5,13H,6-8H2,1-4H3;2-4H,1H3,(H,10,11);1-3H,9H2,(H,10,11);1-2H3,(H,7,8)(H,9,10);1-5H2,(H,8,9). The molecule has 0 bridgehead atoms. The summed E-state index contributed by atoms with van der Waals surface area (Å²) in [7, 11) is -0.142. The average Bonchev–Trinajstić information content (AvgIpc) is 1.62. The third kappa shape index (κ3) is 27.0. The molecule has 3 fully saturated rings. The van der Waals surface area contributed by atoms with Gasteiger partial charge in [-0.2, -0.15) is 20.4 Å². The molecule has 0 saturated carbocycles. The van der Waals surface area contributed by atoms with Gasteiger partial charge in [0.2, 0.25) is 5.91 Å². The first-order chi connectivity index (χ1) is 65.0. The number of aromatic nitrogens is 18. The lowest BCUT2D eigenvalue weighted by Gasteiger charge is -2.32. The molecule has 0 unspecified atom stereocenters. The zero-order valence-electron chi connectivity index (χ0n) is 78.4. The third-order valence-electron chi connectivity index (χ3n) is 24.4. The highest BCUT2D eigenvalue weighted by atomic mass is 127. The van der Waals surface area contributed by atoms with Crippen molar-refractivity contribution < 1.29 is 57.8 Å². The first-order valence-corrected chi connectivity index (χ1v) is 47.9. The zero-order chi connectivity index (χ0) is 97.2. The Labute approximate surface area is 826 Å². The summed E-state index contributed by atoms with van der Waals surface area (Å²) in [5, 5.41) is 58.6. The highest BCUT2D eigenvalue weighted by Gasteiger charge is 2.52. The number of anilines is 2. The van der Waals surface area contributed by atoms with Crippen LogP contribution in [0.15, 0.2) is 115 Å². The minimum atomic E-state index is -0.984. The number of aromatic amines is 9. The number of morpholine rings is 2. The molecule has 37 nitrogen and oxygen atoms in total. The van der Waals surface area contributed by atoms with Crippen molar-refractivity contribution in [2.75, 3.05) is 116 Å². The second kappa shape index (κ2) is 46.5. The number of nitrogens with two attached hydrogens (primary N) is 1. The topological polar surface area (TPSA) is 510 Å². The second-order valence-electron chi connectivity index (χ2n) is 34.8. The summed E-state index contributed by atoms with van der Waals surface area (Å²) in [6, 6.07) is 20.2. The van der Waals surface area contributed by atoms with Crippen LogP contribution in [0.4, 0.5) is 11.4 Å². The van der Waals surface area contributed by atoms with Gasteiger partial charge in [0.15, 0.2) is 23.0 Å². The molecule has 0 aromatic carbocycles. The van der Waals surface area contributed by atoms with E-state index in [-0.39, 0.29) is 53.9 Å². The summed E-state index contributed by atoms with van der Waals surface area (Å²) in [6.07, 6.45) is 18.6. The van der Waals surface area contributed by atoms with E-state index in [1.54, 1.807) is 38.6 Å². The highest BCUT2D eigenvalue weighted by molar-refractivity contribution is 14.1. The first-order valence-electron chi connectivity index (χ1n) is 44.7. The molecule has 3 saturated heterocycles. The van der Waals surface area contributed by atoms with Crippen LogP contribution in [0.5, 0.6) is 0 Å². The number of ether oxygens (including phenoxy) is 2. The molecule has 0 spiro atoms. The maximum atomic E-state index is 12.7. The largest absolute Gasteiger partial charge is 0.490 e. The van der Waals surface area contributed by atoms with Crippen LogP contribution < -0.4 is 21.7 Å². The first kappa shape index (κ1) is 102. The number of carboxylic acid groups (broad SMARTS) is 2. The zero-order valence-corrected chi connectivity index (χ0v) is 84.8. The van der Waals surface area contributed by atoms with Crippen LogP contribution in [0.2, 0.25) is 0 Å². The number of Topliss-reactive ketones (excluding diaryl/α,β-unsaturated/α-hetero) is 2. The fraction of sp³-hybridized carbons (Fsp3) is 0.379. The summed E-state index contributed by atoms with van der Waals surface area (Å²) in [5.41, 5.74) is 28.1. The number of nitrogens with zero attached hydrogens (tertiary/aromatic N) is 12. The molecule has 0 aliphatic carbocycles. The summed E-state index contributed by atoms with van der Waals surface area (Å²) >= 11 is 6.67. The van der Waals surface area contributed by atoms with Crippen LogP contribution in [-0.4, -0.2) is 274 Å². The van der Waals surface area contributed by atoms with Gasteiger partial charge in [-0.1, -0.05) is 18.2 Å². The number of carbonyl (C=O) groups is 6. The molecule has 2 amide bonds. The SMILES string of the molecule is CC1(C)OB(C2=CCNCC2)OC1(C)C.Cc1[nH]nc(C(=O)Cc2cnc3[nH]c(C4=CCNCC4)cc3c2)c1C.Cc1[nH]nc(C(=O)Cc2cnc3[nH]c(I)cc3c2)c1C.Cc1[nH]nc(C(=O)Nc2cnc3[nH]c(C4=CCN(C(=O)CN5CCOCC5)CC4)cc3c2)c1C.Cc1[nH]nc(C(=O)O)c1C.Cc1cnc2[nH]c(I)cc2c1.Nc1cnc2[nH]c(I)cc2c1.O=C(O)CN1CCOCC1. The van der Waals surface area contributed by atoms with Crippen molar-refractivity contribution in [2.45, 2.75) is 133 Å². The Hall–Kier alpha value is -11.5. The number of H-pyrrole nitrogens is 9. The number of carboxylic acids is 2. The van der Waals surface area contributed by atoms with Crippen molar-refractivity contribution in [1.29, 1.82) is 0 Å². The maximum absolute atomic E-state index is 12.7. The summed E-state index contributed by atoms with van der Waals surface area (Å²) in [6.45, 7) is 36.9. The number of hydrogen-bond acceptors (Lipinski definition) is 24. The molecular weight excluding hydrogens is 2070 g/mol. The van der Waals surface area contributed by atoms with Crippen molar-refractivity contribution in [2.24, 2.45) is 0 Å². The maximum Gasteiger partial charge on any atom is 0.490 e. The molecule has 716 valence electrons. The van der Waals surface area contributed by atoms with E-state index in [4.69, 9.17) is 34.7 Å². The molecule has 14 aromatic rings. The van der Waals surface area contributed by atoms with E-state index in [1.165, 1.54) is 27.6 Å². The summed E-state index contributed by atoms with van der Waals surface area (Å²) in [5.74, 6) is -1.82. The molecule has 41 heteroatoms. The van der Waals surface area contributed by atoms with E-state index < -0.39 is 11.9 Å². The van der Waals surface area contributed by atoms with Gasteiger partial charge in [0.1, 0.15) is 39.6 Å². The Balaban J connectivity index is 0.000000137. The monoisotopic (exact) mass is 2190 g/mol. The van der Waals surface area contributed by atoms with Crippen LogP contribution in [0.25, 0.3) is 66.3 Å². The predicted octanol–water partition coefficient (Wildman–Crippen LogP) is 13.6. The molecular formula is C95H115BI3N25O12. The Bertz CT molecular complexity index is 6620. The van der Waals surface area contributed by atoms with Crippen molar-refractivity contribution >= 4 is 188 Å². The van der Waals surface area contributed by atoms with Gasteiger partial charge in [-0.25, -0.2) is 29.7 Å². The number of amides is 2. The molecule has 0 radical (unpaired) electrons. The Morgan fingerprint density at radius 2 is 0.897 bits per heavy atom. The molecule has 20 rings (SSSR count). The molecule has 6 aliphatic heterocycles. The van der Waals surface area contributed by atoms with E-state index in [9.17, 15) is 28.8 Å². The van der Waals surface area contributed by atoms with Crippen LogP contribution >= 0.6 is 67.8 Å². The quantitative estimate of drug-likeness (QED) is 0.0243. The minimum Gasteiger partial charge on any atom is -0.480 e. The van der Waals surface area contributed by atoms with E-state index in [0.717, 1.165) is 194 Å². The lowest BCUT2D eigenvalue weighted by Crippen LogP contribution is -2.45. The lowest BCUT2D eigenvalue weighted by atomic mass is 9.75. The number of ketones is 2. The van der Waals surface area contributed by atoms with E-state index in [0.29, 0.717) is 92.9 Å². The number of nitrogen functional groups attached to an aromatic ring is 1. The number of hydrogen-bond donors (Lipinski definition) is 15. The minimum absolute atomic E-state index is 0.0123. The average molecular weight is 2190 g/mol. The fourth-order valence-electron chi connectivity index (χ4n) is 15.3. The van der Waals surface area contributed by atoms with Gasteiger partial charge in [0.05, 0.1) is 85.6 Å². The summed E-state index contributed by atoms with van der Waals surface area (Å²) in [4.78, 5) is 114. The van der Waals surface area contributed by atoms with E-state index in [2.05, 4.69) is 243 Å². The van der Waals surface area contributed by atoms with Gasteiger partial charge in [-0.3, -0.25) is 54.2 Å². The number of aromatic carboxylic acids is 1. The van der Waals surface area contributed by atoms with Crippen LogP contribution in [-0.2, 0) is 41.2 Å². The number of aryl methyl sites for hydroxylation is 5. The molecule has 16 N–H and O–H groups in total. The van der Waals surface area contributed by atoms with Crippen LogP contribution in [0.1, 0.15) is 162 Å². The number of halogens is 3. The number of fused-ring (bicyclic) bond motifs is 5.